The highest BCUT2D eigenvalue weighted by atomic mass is 19.1. The fraction of sp³-hybridized carbons (Fsp3) is 0.500. The number of nitrogens with zero attached hydrogens (tertiary/aromatic N) is 1. The Morgan fingerprint density at radius 2 is 2.21 bits per heavy atom. The van der Waals surface area contributed by atoms with Gasteiger partial charge in [-0.15, -0.1) is 0 Å². The average molecular weight is 266 g/mol. The summed E-state index contributed by atoms with van der Waals surface area (Å²) in [6, 6.07) is 4.53. The first-order valence-corrected chi connectivity index (χ1v) is 6.33. The minimum absolute atomic E-state index is 0.169. The number of benzene rings is 1. The summed E-state index contributed by atoms with van der Waals surface area (Å²) in [7, 11) is 1.61. The Hall–Kier alpha value is -1.62. The Balaban J connectivity index is 2.36. The number of para-hydroxylation sites is 1. The lowest BCUT2D eigenvalue weighted by Crippen LogP contribution is -2.55. The molecule has 0 saturated carbocycles. The molecule has 5 heteroatoms. The van der Waals surface area contributed by atoms with Gasteiger partial charge in [0, 0.05) is 13.6 Å². The smallest absolute Gasteiger partial charge is 0.256 e. The number of amides is 1. The minimum atomic E-state index is -0.417. The van der Waals surface area contributed by atoms with Gasteiger partial charge >= 0.3 is 0 Å². The Morgan fingerprint density at radius 1 is 1.47 bits per heavy atom. The largest absolute Gasteiger partial charge is 0.385 e. The van der Waals surface area contributed by atoms with Gasteiger partial charge in [0.05, 0.1) is 30.0 Å². The molecule has 1 aromatic carbocycles. The van der Waals surface area contributed by atoms with Crippen LogP contribution in [0.15, 0.2) is 18.2 Å². The first kappa shape index (κ1) is 13.8. The second kappa shape index (κ2) is 5.17. The summed E-state index contributed by atoms with van der Waals surface area (Å²) in [6.07, 6.45) is 0. The Morgan fingerprint density at radius 3 is 2.84 bits per heavy atom. The van der Waals surface area contributed by atoms with E-state index >= 15 is 0 Å². The van der Waals surface area contributed by atoms with E-state index in [4.69, 9.17) is 4.74 Å². The fourth-order valence-corrected chi connectivity index (χ4v) is 2.34. The van der Waals surface area contributed by atoms with Crippen molar-refractivity contribution in [2.24, 2.45) is 0 Å². The van der Waals surface area contributed by atoms with Gasteiger partial charge in [0.1, 0.15) is 5.82 Å². The SMILES string of the molecule is CNc1c(F)cccc1C(=O)N1CCOCC1(C)C. The van der Waals surface area contributed by atoms with Crippen LogP contribution in [0.2, 0.25) is 0 Å². The maximum absolute atomic E-state index is 13.7. The van der Waals surface area contributed by atoms with E-state index in [0.29, 0.717) is 25.3 Å². The molecule has 0 aliphatic carbocycles. The van der Waals surface area contributed by atoms with E-state index in [-0.39, 0.29) is 17.1 Å². The lowest BCUT2D eigenvalue weighted by Gasteiger charge is -2.42. The molecule has 1 aliphatic rings. The molecule has 0 unspecified atom stereocenters. The summed E-state index contributed by atoms with van der Waals surface area (Å²) in [4.78, 5) is 14.4. The normalized spacial score (nSPS) is 18.2. The molecule has 1 aliphatic heterocycles. The predicted molar refractivity (Wildman–Crippen MR) is 71.9 cm³/mol. The van der Waals surface area contributed by atoms with Crippen LogP contribution in [0.4, 0.5) is 10.1 Å². The predicted octanol–water partition coefficient (Wildman–Crippen LogP) is 2.12. The quantitative estimate of drug-likeness (QED) is 0.891. The summed E-state index contributed by atoms with van der Waals surface area (Å²) >= 11 is 0. The highest BCUT2D eigenvalue weighted by Crippen LogP contribution is 2.26. The van der Waals surface area contributed by atoms with Crippen LogP contribution in [0.25, 0.3) is 0 Å². The van der Waals surface area contributed by atoms with Crippen molar-refractivity contribution in [3.63, 3.8) is 0 Å². The highest BCUT2D eigenvalue weighted by Gasteiger charge is 2.35. The molecule has 0 aromatic heterocycles. The zero-order valence-electron chi connectivity index (χ0n) is 11.5. The molecule has 0 spiro atoms. The molecular weight excluding hydrogens is 247 g/mol. The van der Waals surface area contributed by atoms with Crippen LogP contribution in [-0.2, 0) is 4.74 Å². The molecule has 0 atom stereocenters. The number of nitrogens with one attached hydrogen (secondary N) is 1. The lowest BCUT2D eigenvalue weighted by molar-refractivity contribution is -0.0370. The van der Waals surface area contributed by atoms with E-state index in [2.05, 4.69) is 5.32 Å². The number of carbonyl (C=O) groups excluding carboxylic acids is 1. The summed E-state index contributed by atoms with van der Waals surface area (Å²) in [5.74, 6) is -0.587. The van der Waals surface area contributed by atoms with Crippen LogP contribution >= 0.6 is 0 Å². The second-order valence-electron chi connectivity index (χ2n) is 5.23. The summed E-state index contributed by atoms with van der Waals surface area (Å²) in [5, 5.41) is 2.76. The Kier molecular flexibility index (Phi) is 3.75. The number of carbonyl (C=O) groups is 1. The highest BCUT2D eigenvalue weighted by molar-refractivity contribution is 6.00. The van der Waals surface area contributed by atoms with Gasteiger partial charge in [-0.1, -0.05) is 6.07 Å². The van der Waals surface area contributed by atoms with E-state index in [9.17, 15) is 9.18 Å². The first-order valence-electron chi connectivity index (χ1n) is 6.33. The number of halogens is 1. The van der Waals surface area contributed by atoms with E-state index in [1.54, 1.807) is 24.1 Å². The third-order valence-corrected chi connectivity index (χ3v) is 3.38. The number of morpholine rings is 1. The molecule has 19 heavy (non-hydrogen) atoms. The molecule has 1 N–H and O–H groups in total. The number of ether oxygens (including phenoxy) is 1. The number of anilines is 1. The second-order valence-corrected chi connectivity index (χ2v) is 5.23. The maximum atomic E-state index is 13.7. The lowest BCUT2D eigenvalue weighted by atomic mass is 10.00. The number of rotatable bonds is 2. The third kappa shape index (κ3) is 2.56. The zero-order chi connectivity index (χ0) is 14.0. The molecule has 1 heterocycles. The zero-order valence-corrected chi connectivity index (χ0v) is 11.5. The third-order valence-electron chi connectivity index (χ3n) is 3.38. The topological polar surface area (TPSA) is 41.6 Å². The van der Waals surface area contributed by atoms with Crippen LogP contribution < -0.4 is 5.32 Å². The molecule has 4 nitrogen and oxygen atoms in total. The van der Waals surface area contributed by atoms with Crippen molar-refractivity contribution < 1.29 is 13.9 Å². The number of hydrogen-bond acceptors (Lipinski definition) is 3. The van der Waals surface area contributed by atoms with Crippen LogP contribution in [0.5, 0.6) is 0 Å². The monoisotopic (exact) mass is 266 g/mol. The van der Waals surface area contributed by atoms with Crippen molar-refractivity contribution in [3.05, 3.63) is 29.6 Å². The van der Waals surface area contributed by atoms with E-state index in [1.165, 1.54) is 6.07 Å². The van der Waals surface area contributed by atoms with Gasteiger partial charge in [0.15, 0.2) is 0 Å². The molecule has 1 aromatic rings. The van der Waals surface area contributed by atoms with Gasteiger partial charge in [-0.2, -0.15) is 0 Å². The average Bonchev–Trinajstić information content (AvgIpc) is 2.37. The minimum Gasteiger partial charge on any atom is -0.385 e. The van der Waals surface area contributed by atoms with Crippen molar-refractivity contribution in [1.29, 1.82) is 0 Å². The number of hydrogen-bond donors (Lipinski definition) is 1. The summed E-state index contributed by atoms with van der Waals surface area (Å²) in [5.41, 5.74) is 0.222. The Labute approximate surface area is 112 Å². The summed E-state index contributed by atoms with van der Waals surface area (Å²) < 4.78 is 19.1. The van der Waals surface area contributed by atoms with Crippen molar-refractivity contribution in [3.8, 4) is 0 Å². The van der Waals surface area contributed by atoms with Gasteiger partial charge in [0.25, 0.3) is 5.91 Å². The molecule has 104 valence electrons. The van der Waals surface area contributed by atoms with E-state index in [0.717, 1.165) is 0 Å². The molecular formula is C14H19FN2O2. The van der Waals surface area contributed by atoms with E-state index in [1.807, 2.05) is 13.8 Å². The van der Waals surface area contributed by atoms with Gasteiger partial charge in [-0.25, -0.2) is 4.39 Å². The molecule has 0 radical (unpaired) electrons. The van der Waals surface area contributed by atoms with Gasteiger partial charge in [0.2, 0.25) is 0 Å². The van der Waals surface area contributed by atoms with Gasteiger partial charge in [-0.3, -0.25) is 4.79 Å². The van der Waals surface area contributed by atoms with Crippen LogP contribution in [-0.4, -0.2) is 43.2 Å². The molecule has 2 rings (SSSR count). The van der Waals surface area contributed by atoms with Crippen LogP contribution in [0.1, 0.15) is 24.2 Å². The van der Waals surface area contributed by atoms with E-state index < -0.39 is 5.82 Å². The van der Waals surface area contributed by atoms with Crippen molar-refractivity contribution in [2.45, 2.75) is 19.4 Å². The summed E-state index contributed by atoms with van der Waals surface area (Å²) in [6.45, 7) is 5.42. The first-order chi connectivity index (χ1) is 8.97. The molecule has 1 fully saturated rings. The van der Waals surface area contributed by atoms with Gasteiger partial charge < -0.3 is 15.0 Å². The van der Waals surface area contributed by atoms with Crippen LogP contribution in [0.3, 0.4) is 0 Å². The maximum Gasteiger partial charge on any atom is 0.256 e. The van der Waals surface area contributed by atoms with Gasteiger partial charge in [-0.05, 0) is 26.0 Å². The standard InChI is InChI=1S/C14H19FN2O2/c1-14(2)9-19-8-7-17(14)13(18)10-5-4-6-11(15)12(10)16-3/h4-6,16H,7-9H2,1-3H3. The van der Waals surface area contributed by atoms with Crippen molar-refractivity contribution in [1.82, 2.24) is 4.90 Å². The fourth-order valence-electron chi connectivity index (χ4n) is 2.34. The molecule has 0 bridgehead atoms. The van der Waals surface area contributed by atoms with Crippen LogP contribution in [0, 0.1) is 5.82 Å². The van der Waals surface area contributed by atoms with Crippen molar-refractivity contribution >= 4 is 11.6 Å². The molecule has 1 amide bonds. The Bertz CT molecular complexity index is 488. The molecule has 1 saturated heterocycles. The van der Waals surface area contributed by atoms with Crippen molar-refractivity contribution in [2.75, 3.05) is 32.1 Å².